The first-order valence-electron chi connectivity index (χ1n) is 11.9. The monoisotopic (exact) mass is 503 g/mol. The average molecular weight is 504 g/mol. The maximum absolute atomic E-state index is 13.7. The zero-order valence-electron chi connectivity index (χ0n) is 21.2. The molecule has 9 heteroatoms. The van der Waals surface area contributed by atoms with Crippen molar-refractivity contribution in [3.8, 4) is 5.75 Å². The maximum atomic E-state index is 13.7. The molecule has 8 nitrogen and oxygen atoms in total. The Bertz CT molecular complexity index is 1080. The Morgan fingerprint density at radius 3 is 2.20 bits per heavy atom. The van der Waals surface area contributed by atoms with Gasteiger partial charge in [0.05, 0.1) is 19.1 Å². The van der Waals surface area contributed by atoms with Gasteiger partial charge in [-0.1, -0.05) is 56.3 Å². The van der Waals surface area contributed by atoms with E-state index < -0.39 is 28.5 Å². The van der Waals surface area contributed by atoms with Gasteiger partial charge >= 0.3 is 0 Å². The third-order valence-electron chi connectivity index (χ3n) is 5.90. The molecule has 0 saturated heterocycles. The predicted octanol–water partition coefficient (Wildman–Crippen LogP) is 3.23. The van der Waals surface area contributed by atoms with Crippen molar-refractivity contribution in [1.82, 2.24) is 10.2 Å². The molecule has 0 aliphatic rings. The molecule has 1 N–H and O–H groups in total. The van der Waals surface area contributed by atoms with Crippen LogP contribution in [0.1, 0.15) is 39.2 Å². The van der Waals surface area contributed by atoms with Gasteiger partial charge in [-0.2, -0.15) is 0 Å². The summed E-state index contributed by atoms with van der Waals surface area (Å²) in [6.07, 6.45) is 2.74. The normalized spacial score (nSPS) is 12.9. The standard InChI is InChI=1S/C26H37N3O5S/c1-6-20(3)27-26(31)22(7-2)28(18-17-21-13-9-8-10-14-21)25(30)19-29(35(5,32)33)23-15-11-12-16-24(23)34-4/h8-16,20,22H,6-7,17-19H2,1-5H3,(H,27,31)/t20-,22+/m1/s1. The summed E-state index contributed by atoms with van der Waals surface area (Å²) in [6, 6.07) is 15.5. The summed E-state index contributed by atoms with van der Waals surface area (Å²) in [5.74, 6) is -0.363. The zero-order valence-corrected chi connectivity index (χ0v) is 22.0. The lowest BCUT2D eigenvalue weighted by Crippen LogP contribution is -2.54. The van der Waals surface area contributed by atoms with Crippen LogP contribution >= 0.6 is 0 Å². The number of nitrogens with one attached hydrogen (secondary N) is 1. The summed E-state index contributed by atoms with van der Waals surface area (Å²) >= 11 is 0. The van der Waals surface area contributed by atoms with Gasteiger partial charge in [0.25, 0.3) is 0 Å². The fraction of sp³-hybridized carbons (Fsp3) is 0.462. The van der Waals surface area contributed by atoms with E-state index in [-0.39, 0.29) is 24.2 Å². The number of nitrogens with zero attached hydrogens (tertiary/aromatic N) is 2. The molecule has 0 radical (unpaired) electrons. The minimum Gasteiger partial charge on any atom is -0.495 e. The molecule has 0 aliphatic carbocycles. The van der Waals surface area contributed by atoms with Crippen LogP contribution in [0.2, 0.25) is 0 Å². The zero-order chi connectivity index (χ0) is 26.0. The molecule has 0 saturated carbocycles. The van der Waals surface area contributed by atoms with Crippen molar-refractivity contribution < 1.29 is 22.7 Å². The van der Waals surface area contributed by atoms with Crippen LogP contribution in [-0.2, 0) is 26.0 Å². The topological polar surface area (TPSA) is 96.0 Å². The minimum absolute atomic E-state index is 0.0382. The Kier molecular flexibility index (Phi) is 10.6. The molecule has 35 heavy (non-hydrogen) atoms. The van der Waals surface area contributed by atoms with Gasteiger partial charge < -0.3 is 15.0 Å². The highest BCUT2D eigenvalue weighted by atomic mass is 32.2. The number of carbonyl (C=O) groups is 2. The molecule has 0 bridgehead atoms. The van der Waals surface area contributed by atoms with Crippen LogP contribution in [0, 0.1) is 0 Å². The van der Waals surface area contributed by atoms with Gasteiger partial charge in [0.1, 0.15) is 18.3 Å². The van der Waals surface area contributed by atoms with Gasteiger partial charge in [-0.15, -0.1) is 0 Å². The number of ether oxygens (including phenoxy) is 1. The summed E-state index contributed by atoms with van der Waals surface area (Å²) in [6.45, 7) is 5.56. The van der Waals surface area contributed by atoms with Crippen molar-refractivity contribution in [2.45, 2.75) is 52.1 Å². The number of amides is 2. The fourth-order valence-electron chi connectivity index (χ4n) is 3.77. The van der Waals surface area contributed by atoms with Gasteiger partial charge in [0.15, 0.2) is 0 Å². The number of hydrogen-bond acceptors (Lipinski definition) is 5. The average Bonchev–Trinajstić information content (AvgIpc) is 2.84. The van der Waals surface area contributed by atoms with E-state index in [1.807, 2.05) is 51.1 Å². The van der Waals surface area contributed by atoms with Crippen molar-refractivity contribution in [3.63, 3.8) is 0 Å². The molecule has 2 atom stereocenters. The molecule has 0 fully saturated rings. The highest BCUT2D eigenvalue weighted by molar-refractivity contribution is 7.92. The molecule has 2 aromatic carbocycles. The molecule has 0 aliphatic heterocycles. The molecular formula is C26H37N3O5S. The molecule has 2 aromatic rings. The van der Waals surface area contributed by atoms with Crippen LogP contribution in [0.15, 0.2) is 54.6 Å². The van der Waals surface area contributed by atoms with E-state index in [0.717, 1.165) is 22.5 Å². The van der Waals surface area contributed by atoms with Crippen molar-refractivity contribution in [1.29, 1.82) is 0 Å². The first-order chi connectivity index (χ1) is 16.6. The molecule has 192 valence electrons. The van der Waals surface area contributed by atoms with Crippen molar-refractivity contribution in [3.05, 3.63) is 60.2 Å². The molecule has 0 heterocycles. The molecular weight excluding hydrogens is 466 g/mol. The number of carbonyl (C=O) groups excluding carboxylic acids is 2. The molecule has 2 amide bonds. The van der Waals surface area contributed by atoms with Crippen molar-refractivity contribution >= 4 is 27.5 Å². The van der Waals surface area contributed by atoms with Gasteiger partial charge in [0, 0.05) is 12.6 Å². The first-order valence-corrected chi connectivity index (χ1v) is 13.7. The highest BCUT2D eigenvalue weighted by Crippen LogP contribution is 2.29. The van der Waals surface area contributed by atoms with Crippen LogP contribution in [0.3, 0.4) is 0 Å². The minimum atomic E-state index is -3.82. The second-order valence-corrected chi connectivity index (χ2v) is 10.4. The van der Waals surface area contributed by atoms with E-state index >= 15 is 0 Å². The first kappa shape index (κ1) is 28.2. The van der Waals surface area contributed by atoms with Crippen LogP contribution in [0.4, 0.5) is 5.69 Å². The summed E-state index contributed by atoms with van der Waals surface area (Å²) in [4.78, 5) is 28.2. The Labute approximate surface area is 209 Å². The Balaban J connectivity index is 2.40. The van der Waals surface area contributed by atoms with E-state index in [9.17, 15) is 18.0 Å². The molecule has 0 aromatic heterocycles. The number of sulfonamides is 1. The fourth-order valence-corrected chi connectivity index (χ4v) is 4.62. The van der Waals surface area contributed by atoms with Gasteiger partial charge in [-0.3, -0.25) is 13.9 Å². The maximum Gasteiger partial charge on any atom is 0.244 e. The predicted molar refractivity (Wildman–Crippen MR) is 139 cm³/mol. The SMILES string of the molecule is CC[C@@H](C)NC(=O)[C@H](CC)N(CCc1ccccc1)C(=O)CN(c1ccccc1OC)S(C)(=O)=O. The van der Waals surface area contributed by atoms with E-state index in [1.54, 1.807) is 24.3 Å². The lowest BCUT2D eigenvalue weighted by molar-refractivity contribution is -0.139. The van der Waals surface area contributed by atoms with Crippen molar-refractivity contribution in [2.75, 3.05) is 30.8 Å². The van der Waals surface area contributed by atoms with Crippen LogP contribution < -0.4 is 14.4 Å². The van der Waals surface area contributed by atoms with Crippen LogP contribution in [0.25, 0.3) is 0 Å². The number of rotatable bonds is 13. The Morgan fingerprint density at radius 1 is 1.00 bits per heavy atom. The largest absolute Gasteiger partial charge is 0.495 e. The summed E-state index contributed by atoms with van der Waals surface area (Å²) in [5.41, 5.74) is 1.29. The van der Waals surface area contributed by atoms with Gasteiger partial charge in [-0.25, -0.2) is 8.42 Å². The smallest absolute Gasteiger partial charge is 0.244 e. The number of methoxy groups -OCH3 is 1. The summed E-state index contributed by atoms with van der Waals surface area (Å²) < 4.78 is 31.8. The number of para-hydroxylation sites is 2. The second kappa shape index (κ2) is 13.1. The van der Waals surface area contributed by atoms with Gasteiger partial charge in [-0.05, 0) is 43.9 Å². The lowest BCUT2D eigenvalue weighted by Gasteiger charge is -2.33. The lowest BCUT2D eigenvalue weighted by atomic mass is 10.1. The Hall–Kier alpha value is -3.07. The molecule has 0 unspecified atom stereocenters. The number of benzene rings is 2. The third kappa shape index (κ3) is 7.99. The van der Waals surface area contributed by atoms with Crippen molar-refractivity contribution in [2.24, 2.45) is 0 Å². The van der Waals surface area contributed by atoms with E-state index in [2.05, 4.69) is 5.32 Å². The number of anilines is 1. The quantitative estimate of drug-likeness (QED) is 0.453. The third-order valence-corrected chi connectivity index (χ3v) is 7.03. The summed E-state index contributed by atoms with van der Waals surface area (Å²) in [5, 5.41) is 2.96. The number of hydrogen-bond donors (Lipinski definition) is 1. The van der Waals surface area contributed by atoms with Crippen LogP contribution in [0.5, 0.6) is 5.75 Å². The highest BCUT2D eigenvalue weighted by Gasteiger charge is 2.32. The molecule has 0 spiro atoms. The van der Waals surface area contributed by atoms with E-state index in [0.29, 0.717) is 18.6 Å². The van der Waals surface area contributed by atoms with E-state index in [4.69, 9.17) is 4.74 Å². The Morgan fingerprint density at radius 2 is 1.63 bits per heavy atom. The molecule has 2 rings (SSSR count). The second-order valence-electron chi connectivity index (χ2n) is 8.51. The van der Waals surface area contributed by atoms with E-state index in [1.165, 1.54) is 12.0 Å². The van der Waals surface area contributed by atoms with Gasteiger partial charge in [0.2, 0.25) is 21.8 Å². The van der Waals surface area contributed by atoms with Crippen LogP contribution in [-0.4, -0.2) is 63.7 Å². The summed E-state index contributed by atoms with van der Waals surface area (Å²) in [7, 11) is -2.37.